The molecule has 1 aromatic rings. The predicted molar refractivity (Wildman–Crippen MR) is 73.6 cm³/mol. The Balaban J connectivity index is 3.17. The maximum Gasteiger partial charge on any atom is 0.224 e. The zero-order valence-electron chi connectivity index (χ0n) is 8.81. The van der Waals surface area contributed by atoms with Crippen LogP contribution < -0.4 is 0 Å². The van der Waals surface area contributed by atoms with Crippen molar-refractivity contribution in [3.05, 3.63) is 35.4 Å². The normalized spacial score (nSPS) is 17.8. The average molecular weight is 375 g/mol. The van der Waals surface area contributed by atoms with Gasteiger partial charge in [0.25, 0.3) is 0 Å². The van der Waals surface area contributed by atoms with Gasteiger partial charge in [-0.25, -0.2) is 8.42 Å². The van der Waals surface area contributed by atoms with Crippen LogP contribution in [-0.4, -0.2) is 22.0 Å². The van der Waals surface area contributed by atoms with E-state index in [1.165, 1.54) is 0 Å². The van der Waals surface area contributed by atoms with Crippen LogP contribution in [0.3, 0.4) is 0 Å². The number of rotatable bonds is 3. The van der Waals surface area contributed by atoms with E-state index in [2.05, 4.69) is 0 Å². The van der Waals surface area contributed by atoms with E-state index in [1.54, 1.807) is 40.8 Å². The summed E-state index contributed by atoms with van der Waals surface area (Å²) in [5.74, 6) is 0. The largest absolute Gasteiger partial charge is 0.385 e. The summed E-state index contributed by atoms with van der Waals surface area (Å²) in [6.07, 6.45) is -0.254. The first-order valence-corrected chi connectivity index (χ1v) is 7.83. The number of benzene rings is 1. The minimum absolute atomic E-state index is 0.495. The van der Waals surface area contributed by atoms with Crippen LogP contribution in [0.1, 0.15) is 17.2 Å². The monoisotopic (exact) mass is 374 g/mol. The first-order valence-electron chi connectivity index (χ1n) is 4.48. The predicted octanol–water partition coefficient (Wildman–Crippen LogP) is 2.40. The van der Waals surface area contributed by atoms with E-state index in [1.807, 2.05) is 13.0 Å². The third kappa shape index (κ3) is 2.88. The van der Waals surface area contributed by atoms with Crippen molar-refractivity contribution in [2.45, 2.75) is 15.2 Å². The van der Waals surface area contributed by atoms with Crippen molar-refractivity contribution < 1.29 is 13.5 Å². The molecule has 0 saturated heterocycles. The van der Waals surface area contributed by atoms with Gasteiger partial charge in [0.1, 0.15) is 6.10 Å². The highest BCUT2D eigenvalue weighted by molar-refractivity contribution is 14.1. The van der Waals surface area contributed by atoms with Crippen LogP contribution in [0.25, 0.3) is 0 Å². The van der Waals surface area contributed by atoms with Crippen LogP contribution in [0.2, 0.25) is 0 Å². The van der Waals surface area contributed by atoms with Gasteiger partial charge in [-0.2, -0.15) is 0 Å². The molecule has 0 unspecified atom stereocenters. The van der Waals surface area contributed by atoms with Crippen molar-refractivity contribution >= 4 is 44.0 Å². The lowest BCUT2D eigenvalue weighted by Gasteiger charge is -2.24. The molecule has 0 aliphatic heterocycles. The molecule has 16 heavy (non-hydrogen) atoms. The van der Waals surface area contributed by atoms with E-state index in [4.69, 9.17) is 11.6 Å². The van der Waals surface area contributed by atoms with Crippen LogP contribution in [0.5, 0.6) is 0 Å². The molecule has 0 aromatic heterocycles. The molecule has 0 heterocycles. The highest BCUT2D eigenvalue weighted by Gasteiger charge is 2.44. The summed E-state index contributed by atoms with van der Waals surface area (Å²) in [6.45, 7) is 1.86. The van der Waals surface area contributed by atoms with Gasteiger partial charge in [0.15, 0.2) is 9.84 Å². The maximum absolute atomic E-state index is 11.5. The van der Waals surface area contributed by atoms with E-state index < -0.39 is 18.2 Å². The zero-order chi connectivity index (χ0) is 12.6. The van der Waals surface area contributed by atoms with Crippen LogP contribution >= 0.6 is 34.2 Å². The number of aliphatic hydroxyl groups excluding tert-OH is 1. The lowest BCUT2D eigenvalue weighted by atomic mass is 10.1. The Morgan fingerprint density at radius 3 is 2.50 bits per heavy atom. The number of alkyl halides is 2. The lowest BCUT2D eigenvalue weighted by Crippen LogP contribution is -2.32. The summed E-state index contributed by atoms with van der Waals surface area (Å²) in [6, 6.07) is 6.98. The van der Waals surface area contributed by atoms with Gasteiger partial charge in [-0.05, 0) is 35.1 Å². The average Bonchev–Trinajstić information content (AvgIpc) is 2.14. The van der Waals surface area contributed by atoms with E-state index in [0.29, 0.717) is 5.56 Å². The number of aliphatic hydroxyl groups is 1. The Hall–Kier alpha value is 0.150. The fourth-order valence-electron chi connectivity index (χ4n) is 1.24. The molecule has 0 aliphatic carbocycles. The van der Waals surface area contributed by atoms with Crippen molar-refractivity contribution in [2.24, 2.45) is 0 Å². The lowest BCUT2D eigenvalue weighted by molar-refractivity contribution is 0.187. The minimum Gasteiger partial charge on any atom is -0.385 e. The molecule has 0 aliphatic rings. The standard InChI is InChI=1S/C10H12ClIO3S/c1-7-4-3-5-8(6-7)9(13)10(11,12)16(2,14)15/h3-6,9,13H,1-2H3/t9-,10+/m0/s1. The number of halogens is 2. The number of sulfone groups is 1. The second-order valence-electron chi connectivity index (χ2n) is 3.65. The molecule has 0 spiro atoms. The number of hydrogen-bond donors (Lipinski definition) is 1. The molecular weight excluding hydrogens is 363 g/mol. The fraction of sp³-hybridized carbons (Fsp3) is 0.400. The molecule has 0 fully saturated rings. The Bertz CT molecular complexity index is 485. The second-order valence-corrected chi connectivity index (χ2v) is 9.73. The van der Waals surface area contributed by atoms with E-state index >= 15 is 0 Å². The van der Waals surface area contributed by atoms with Crippen molar-refractivity contribution in [3.63, 3.8) is 0 Å². The topological polar surface area (TPSA) is 54.4 Å². The van der Waals surface area contributed by atoms with Crippen molar-refractivity contribution in [3.8, 4) is 0 Å². The Morgan fingerprint density at radius 2 is 2.06 bits per heavy atom. The van der Waals surface area contributed by atoms with Crippen LogP contribution in [0.4, 0.5) is 0 Å². The van der Waals surface area contributed by atoms with Crippen molar-refractivity contribution in [1.82, 2.24) is 0 Å². The first kappa shape index (κ1) is 14.2. The molecular formula is C10H12ClIO3S. The van der Waals surface area contributed by atoms with Crippen molar-refractivity contribution in [1.29, 1.82) is 0 Å². The summed E-state index contributed by atoms with van der Waals surface area (Å²) >= 11 is 7.45. The van der Waals surface area contributed by atoms with Gasteiger partial charge in [0.2, 0.25) is 2.21 Å². The smallest absolute Gasteiger partial charge is 0.224 e. The third-order valence-corrected chi connectivity index (χ3v) is 7.42. The number of hydrogen-bond acceptors (Lipinski definition) is 3. The summed E-state index contributed by atoms with van der Waals surface area (Å²) in [4.78, 5) is 0. The minimum atomic E-state index is -3.56. The van der Waals surface area contributed by atoms with Gasteiger partial charge in [0, 0.05) is 6.26 Å². The second kappa shape index (κ2) is 4.80. The highest BCUT2D eigenvalue weighted by Crippen LogP contribution is 2.42. The molecule has 6 heteroatoms. The van der Waals surface area contributed by atoms with Gasteiger partial charge < -0.3 is 5.11 Å². The van der Waals surface area contributed by atoms with E-state index in [-0.39, 0.29) is 0 Å². The maximum atomic E-state index is 11.5. The Labute approximate surface area is 114 Å². The zero-order valence-corrected chi connectivity index (χ0v) is 12.5. The highest BCUT2D eigenvalue weighted by atomic mass is 127. The molecule has 1 N–H and O–H groups in total. The van der Waals surface area contributed by atoms with Crippen LogP contribution in [-0.2, 0) is 9.84 Å². The van der Waals surface area contributed by atoms with Crippen LogP contribution in [0.15, 0.2) is 24.3 Å². The van der Waals surface area contributed by atoms with Gasteiger partial charge in [-0.3, -0.25) is 0 Å². The van der Waals surface area contributed by atoms with Crippen LogP contribution in [0, 0.1) is 6.92 Å². The van der Waals surface area contributed by atoms with E-state index in [0.717, 1.165) is 11.8 Å². The van der Waals surface area contributed by atoms with Gasteiger partial charge in [0.05, 0.1) is 0 Å². The van der Waals surface area contributed by atoms with Gasteiger partial charge in [-0.15, -0.1) is 0 Å². The molecule has 0 saturated carbocycles. The summed E-state index contributed by atoms with van der Waals surface area (Å²) < 4.78 is 21.2. The molecule has 90 valence electrons. The molecule has 3 nitrogen and oxygen atoms in total. The first-order chi connectivity index (χ1) is 7.16. The summed E-state index contributed by atoms with van der Waals surface area (Å²) in [7, 11) is -3.56. The van der Waals surface area contributed by atoms with Gasteiger partial charge in [-0.1, -0.05) is 41.4 Å². The molecule has 0 amide bonds. The number of aryl methyl sites for hydroxylation is 1. The molecule has 0 bridgehead atoms. The molecule has 2 atom stereocenters. The van der Waals surface area contributed by atoms with Gasteiger partial charge >= 0.3 is 0 Å². The van der Waals surface area contributed by atoms with Crippen molar-refractivity contribution in [2.75, 3.05) is 6.26 Å². The summed E-state index contributed by atoms with van der Waals surface area (Å²) in [5, 5.41) is 9.99. The third-order valence-electron chi connectivity index (χ3n) is 2.17. The Kier molecular flexibility index (Phi) is 4.26. The fourth-order valence-corrected chi connectivity index (χ4v) is 2.26. The molecule has 1 rings (SSSR count). The SMILES string of the molecule is Cc1cccc([C@H](O)[C@@](Cl)(I)S(C)(=O)=O)c1. The Morgan fingerprint density at radius 1 is 1.50 bits per heavy atom. The quantitative estimate of drug-likeness (QED) is 0.653. The summed E-state index contributed by atoms with van der Waals surface area (Å²) in [5.41, 5.74) is 1.43. The van der Waals surface area contributed by atoms with E-state index in [9.17, 15) is 13.5 Å². The molecule has 1 aromatic carbocycles. The molecule has 0 radical (unpaired) electrons.